The molecule has 0 amide bonds. The van der Waals surface area contributed by atoms with Gasteiger partial charge >= 0.3 is 0 Å². The van der Waals surface area contributed by atoms with Gasteiger partial charge in [-0.1, -0.05) is 0 Å². The summed E-state index contributed by atoms with van der Waals surface area (Å²) in [6.45, 7) is 6.05. The van der Waals surface area contributed by atoms with Crippen LogP contribution in [0.4, 0.5) is 0 Å². The molecule has 1 saturated heterocycles. The first kappa shape index (κ1) is 11.4. The zero-order valence-electron chi connectivity index (χ0n) is 9.42. The maximum absolute atomic E-state index is 8.85. The highest BCUT2D eigenvalue weighted by molar-refractivity contribution is 4.94. The lowest BCUT2D eigenvalue weighted by Crippen LogP contribution is -2.46. The fourth-order valence-corrected chi connectivity index (χ4v) is 1.95. The molecule has 1 aliphatic heterocycles. The van der Waals surface area contributed by atoms with Crippen molar-refractivity contribution in [2.75, 3.05) is 39.3 Å². The first-order valence-corrected chi connectivity index (χ1v) is 5.69. The van der Waals surface area contributed by atoms with Crippen LogP contribution in [-0.2, 0) is 6.54 Å². The van der Waals surface area contributed by atoms with Gasteiger partial charge in [0.05, 0.1) is 12.3 Å². The molecule has 1 aromatic rings. The van der Waals surface area contributed by atoms with Crippen molar-refractivity contribution in [2.45, 2.75) is 6.54 Å². The number of aliphatic hydroxyl groups is 1. The van der Waals surface area contributed by atoms with Crippen LogP contribution in [0.25, 0.3) is 0 Å². The van der Waals surface area contributed by atoms with Crippen LogP contribution in [-0.4, -0.2) is 64.2 Å². The molecule has 2 heterocycles. The molecule has 0 bridgehead atoms. The summed E-state index contributed by atoms with van der Waals surface area (Å²) in [5.41, 5.74) is 1.03. The van der Waals surface area contributed by atoms with Crippen LogP contribution in [0.3, 0.4) is 0 Å². The standard InChI is InChI=1S/C11H18N4O/c16-8-7-14-3-5-15(6-4-14)10-11-9-12-1-2-13-11/h1-2,9,16H,3-8,10H2. The Balaban J connectivity index is 1.77. The van der Waals surface area contributed by atoms with Gasteiger partial charge in [0.1, 0.15) is 0 Å². The Morgan fingerprint density at radius 2 is 1.88 bits per heavy atom. The Kier molecular flexibility index (Phi) is 4.21. The highest BCUT2D eigenvalue weighted by atomic mass is 16.3. The lowest BCUT2D eigenvalue weighted by Gasteiger charge is -2.33. The number of rotatable bonds is 4. The van der Waals surface area contributed by atoms with Gasteiger partial charge in [-0.25, -0.2) is 0 Å². The lowest BCUT2D eigenvalue weighted by molar-refractivity contribution is 0.107. The van der Waals surface area contributed by atoms with E-state index in [1.807, 2.05) is 6.20 Å². The van der Waals surface area contributed by atoms with Crippen molar-refractivity contribution in [1.29, 1.82) is 0 Å². The Labute approximate surface area is 95.7 Å². The topological polar surface area (TPSA) is 52.5 Å². The summed E-state index contributed by atoms with van der Waals surface area (Å²) in [5.74, 6) is 0. The predicted octanol–water partition coefficient (Wildman–Crippen LogP) is -0.414. The van der Waals surface area contributed by atoms with Crippen LogP contribution in [0.2, 0.25) is 0 Å². The second kappa shape index (κ2) is 5.89. The van der Waals surface area contributed by atoms with E-state index in [4.69, 9.17) is 5.11 Å². The summed E-state index contributed by atoms with van der Waals surface area (Å²) in [6.07, 6.45) is 5.25. The number of aromatic nitrogens is 2. The molecular formula is C11H18N4O. The maximum atomic E-state index is 8.85. The van der Waals surface area contributed by atoms with Crippen LogP contribution >= 0.6 is 0 Å². The molecule has 0 atom stereocenters. The fraction of sp³-hybridized carbons (Fsp3) is 0.636. The minimum Gasteiger partial charge on any atom is -0.395 e. The quantitative estimate of drug-likeness (QED) is 0.750. The average Bonchev–Trinajstić information content (AvgIpc) is 2.33. The van der Waals surface area contributed by atoms with Gasteiger partial charge in [0.25, 0.3) is 0 Å². The van der Waals surface area contributed by atoms with E-state index in [0.717, 1.165) is 45.0 Å². The molecule has 5 heteroatoms. The van der Waals surface area contributed by atoms with Gasteiger partial charge in [-0.15, -0.1) is 0 Å². The molecule has 0 aromatic carbocycles. The number of piperazine rings is 1. The van der Waals surface area contributed by atoms with E-state index in [1.165, 1.54) is 0 Å². The Bertz CT molecular complexity index is 298. The molecule has 88 valence electrons. The van der Waals surface area contributed by atoms with Gasteiger partial charge in [0, 0.05) is 57.9 Å². The zero-order chi connectivity index (χ0) is 11.2. The van der Waals surface area contributed by atoms with Gasteiger partial charge in [-0.05, 0) is 0 Å². The minimum atomic E-state index is 0.254. The van der Waals surface area contributed by atoms with Gasteiger partial charge in [-0.2, -0.15) is 0 Å². The molecule has 0 aliphatic carbocycles. The van der Waals surface area contributed by atoms with Crippen molar-refractivity contribution in [3.8, 4) is 0 Å². The summed E-state index contributed by atoms with van der Waals surface area (Å²) in [5, 5.41) is 8.85. The molecule has 0 saturated carbocycles. The predicted molar refractivity (Wildman–Crippen MR) is 60.8 cm³/mol. The van der Waals surface area contributed by atoms with Gasteiger partial charge < -0.3 is 5.11 Å². The van der Waals surface area contributed by atoms with E-state index in [-0.39, 0.29) is 6.61 Å². The molecule has 1 aromatic heterocycles. The van der Waals surface area contributed by atoms with E-state index in [2.05, 4.69) is 19.8 Å². The molecule has 0 radical (unpaired) electrons. The first-order chi connectivity index (χ1) is 7.88. The van der Waals surface area contributed by atoms with Gasteiger partial charge in [-0.3, -0.25) is 19.8 Å². The third-order valence-corrected chi connectivity index (χ3v) is 2.88. The molecule has 1 N–H and O–H groups in total. The largest absolute Gasteiger partial charge is 0.395 e. The van der Waals surface area contributed by atoms with E-state index in [9.17, 15) is 0 Å². The number of aliphatic hydroxyl groups excluding tert-OH is 1. The van der Waals surface area contributed by atoms with Crippen molar-refractivity contribution in [3.05, 3.63) is 24.3 Å². The van der Waals surface area contributed by atoms with Crippen molar-refractivity contribution in [1.82, 2.24) is 19.8 Å². The second-order valence-corrected chi connectivity index (χ2v) is 4.04. The average molecular weight is 222 g/mol. The number of hydrogen-bond donors (Lipinski definition) is 1. The summed E-state index contributed by atoms with van der Waals surface area (Å²) in [6, 6.07) is 0. The van der Waals surface area contributed by atoms with Crippen LogP contribution < -0.4 is 0 Å². The number of nitrogens with zero attached hydrogens (tertiary/aromatic N) is 4. The molecule has 0 unspecified atom stereocenters. The van der Waals surface area contributed by atoms with E-state index < -0.39 is 0 Å². The van der Waals surface area contributed by atoms with E-state index >= 15 is 0 Å². The van der Waals surface area contributed by atoms with Crippen LogP contribution in [0.15, 0.2) is 18.6 Å². The molecule has 5 nitrogen and oxygen atoms in total. The van der Waals surface area contributed by atoms with E-state index in [0.29, 0.717) is 0 Å². The smallest absolute Gasteiger partial charge is 0.0726 e. The monoisotopic (exact) mass is 222 g/mol. The molecule has 1 aliphatic rings. The zero-order valence-corrected chi connectivity index (χ0v) is 9.42. The van der Waals surface area contributed by atoms with Crippen molar-refractivity contribution in [3.63, 3.8) is 0 Å². The Morgan fingerprint density at radius 1 is 1.12 bits per heavy atom. The Morgan fingerprint density at radius 3 is 2.50 bits per heavy atom. The second-order valence-electron chi connectivity index (χ2n) is 4.04. The summed E-state index contributed by atoms with van der Waals surface area (Å²) >= 11 is 0. The molecule has 0 spiro atoms. The highest BCUT2D eigenvalue weighted by Crippen LogP contribution is 2.05. The first-order valence-electron chi connectivity index (χ1n) is 5.69. The van der Waals surface area contributed by atoms with Crippen molar-refractivity contribution >= 4 is 0 Å². The van der Waals surface area contributed by atoms with Crippen molar-refractivity contribution < 1.29 is 5.11 Å². The summed E-state index contributed by atoms with van der Waals surface area (Å²) in [7, 11) is 0. The van der Waals surface area contributed by atoms with Crippen LogP contribution in [0.1, 0.15) is 5.69 Å². The van der Waals surface area contributed by atoms with E-state index in [1.54, 1.807) is 12.4 Å². The molecule has 1 fully saturated rings. The van der Waals surface area contributed by atoms with Crippen LogP contribution in [0.5, 0.6) is 0 Å². The number of β-amino-alcohol motifs (C(OH)–C–C–N with tert-alkyl or cyclic N) is 1. The summed E-state index contributed by atoms with van der Waals surface area (Å²) in [4.78, 5) is 13.0. The third-order valence-electron chi connectivity index (χ3n) is 2.88. The SMILES string of the molecule is OCCN1CCN(Cc2cnccn2)CC1. The normalized spacial score (nSPS) is 18.8. The van der Waals surface area contributed by atoms with Gasteiger partial charge in [0.2, 0.25) is 0 Å². The fourth-order valence-electron chi connectivity index (χ4n) is 1.95. The van der Waals surface area contributed by atoms with Crippen molar-refractivity contribution in [2.24, 2.45) is 0 Å². The Hall–Kier alpha value is -1.04. The van der Waals surface area contributed by atoms with Crippen LogP contribution in [0, 0.1) is 0 Å². The number of hydrogen-bond acceptors (Lipinski definition) is 5. The van der Waals surface area contributed by atoms with Gasteiger partial charge in [0.15, 0.2) is 0 Å². The maximum Gasteiger partial charge on any atom is 0.0726 e. The third kappa shape index (κ3) is 3.23. The molecule has 16 heavy (non-hydrogen) atoms. The lowest BCUT2D eigenvalue weighted by atomic mass is 10.3. The summed E-state index contributed by atoms with van der Waals surface area (Å²) < 4.78 is 0. The molecular weight excluding hydrogens is 204 g/mol. The minimum absolute atomic E-state index is 0.254. The highest BCUT2D eigenvalue weighted by Gasteiger charge is 2.16. The molecule has 2 rings (SSSR count).